The van der Waals surface area contributed by atoms with Gasteiger partial charge in [-0.2, -0.15) is 9.67 Å². The van der Waals surface area contributed by atoms with Crippen molar-refractivity contribution < 1.29 is 0 Å². The number of anilines is 3. The summed E-state index contributed by atoms with van der Waals surface area (Å²) in [6.45, 7) is 0. The number of nitrogens with two attached hydrogens (primary N) is 1. The van der Waals surface area contributed by atoms with E-state index in [-0.39, 0.29) is 5.95 Å². The molecule has 8 nitrogen and oxygen atoms in total. The van der Waals surface area contributed by atoms with Crippen molar-refractivity contribution in [2.45, 2.75) is 51.0 Å². The van der Waals surface area contributed by atoms with Crippen LogP contribution in [0.3, 0.4) is 0 Å². The number of nitrogens with zero attached hydrogens (tertiary/aromatic N) is 5. The molecule has 4 N–H and O–H groups in total. The molecule has 1 unspecified atom stereocenters. The summed E-state index contributed by atoms with van der Waals surface area (Å²) in [5, 5.41) is 20.4. The highest BCUT2D eigenvalue weighted by atomic mass is 15.4. The largest absolute Gasteiger partial charge is 0.368 e. The topological polar surface area (TPSA) is 107 Å². The molecule has 0 bridgehead atoms. The zero-order valence-electron chi connectivity index (χ0n) is 20.0. The summed E-state index contributed by atoms with van der Waals surface area (Å²) in [6, 6.07) is 17.6. The molecule has 0 saturated carbocycles. The first-order valence-electron chi connectivity index (χ1n) is 12.4. The molecule has 2 heterocycles. The maximum absolute atomic E-state index is 6.25. The molecule has 6 rings (SSSR count). The number of benzene rings is 2. The fourth-order valence-corrected chi connectivity index (χ4v) is 5.33. The van der Waals surface area contributed by atoms with Crippen LogP contribution in [0.5, 0.6) is 0 Å². The van der Waals surface area contributed by atoms with Crippen molar-refractivity contribution in [3.8, 4) is 17.1 Å². The van der Waals surface area contributed by atoms with Gasteiger partial charge in [0.2, 0.25) is 11.9 Å². The van der Waals surface area contributed by atoms with Gasteiger partial charge in [-0.15, -0.1) is 15.3 Å². The predicted molar refractivity (Wildman–Crippen MR) is 138 cm³/mol. The number of nitrogen functional groups attached to an aromatic ring is 1. The number of hydrogen-bond donors (Lipinski definition) is 3. The van der Waals surface area contributed by atoms with Gasteiger partial charge in [0, 0.05) is 17.3 Å². The zero-order valence-corrected chi connectivity index (χ0v) is 20.0. The molecule has 2 aromatic heterocycles. The highest BCUT2D eigenvalue weighted by Gasteiger charge is 2.19. The summed E-state index contributed by atoms with van der Waals surface area (Å²) >= 11 is 0. The van der Waals surface area contributed by atoms with Crippen LogP contribution >= 0.6 is 0 Å². The van der Waals surface area contributed by atoms with E-state index in [0.717, 1.165) is 61.0 Å². The van der Waals surface area contributed by atoms with Gasteiger partial charge in [-0.05, 0) is 92.4 Å². The number of hydrogen-bond acceptors (Lipinski definition) is 7. The van der Waals surface area contributed by atoms with Crippen molar-refractivity contribution in [1.29, 1.82) is 0 Å². The molecule has 1 atom stereocenters. The quantitative estimate of drug-likeness (QED) is 0.390. The number of nitrogens with one attached hydrogen (secondary N) is 2. The van der Waals surface area contributed by atoms with E-state index in [2.05, 4.69) is 73.4 Å². The minimum atomic E-state index is 0.280. The molecular formula is C27H30N8. The average molecular weight is 467 g/mol. The van der Waals surface area contributed by atoms with Crippen molar-refractivity contribution in [2.24, 2.45) is 0 Å². The third-order valence-corrected chi connectivity index (χ3v) is 7.27. The second kappa shape index (κ2) is 9.11. The van der Waals surface area contributed by atoms with Crippen molar-refractivity contribution in [2.75, 3.05) is 18.1 Å². The Morgan fingerprint density at radius 3 is 2.60 bits per heavy atom. The normalized spacial score (nSPS) is 17.0. The summed E-state index contributed by atoms with van der Waals surface area (Å²) in [5.74, 6) is 1.31. The van der Waals surface area contributed by atoms with Crippen LogP contribution in [0, 0.1) is 0 Å². The van der Waals surface area contributed by atoms with Crippen molar-refractivity contribution >= 4 is 17.6 Å². The van der Waals surface area contributed by atoms with E-state index in [0.29, 0.717) is 17.8 Å². The Labute approximate surface area is 205 Å². The Morgan fingerprint density at radius 1 is 0.886 bits per heavy atom. The molecular weight excluding hydrogens is 436 g/mol. The third-order valence-electron chi connectivity index (χ3n) is 7.27. The van der Waals surface area contributed by atoms with Gasteiger partial charge in [0.1, 0.15) is 0 Å². The monoisotopic (exact) mass is 466 g/mol. The molecule has 0 radical (unpaired) electrons. The summed E-state index contributed by atoms with van der Waals surface area (Å²) < 4.78 is 1.56. The predicted octanol–water partition coefficient (Wildman–Crippen LogP) is 4.01. The van der Waals surface area contributed by atoms with Crippen molar-refractivity contribution in [3.05, 3.63) is 70.8 Å². The smallest absolute Gasteiger partial charge is 0.248 e. The molecule has 2 aliphatic carbocycles. The Kier molecular flexibility index (Phi) is 5.66. The molecule has 0 spiro atoms. The molecule has 0 saturated heterocycles. The van der Waals surface area contributed by atoms with Crippen LogP contribution in [0.2, 0.25) is 0 Å². The molecule has 35 heavy (non-hydrogen) atoms. The Bertz CT molecular complexity index is 1380. The fraction of sp³-hybridized carbons (Fsp3) is 0.333. The fourth-order valence-electron chi connectivity index (χ4n) is 5.33. The van der Waals surface area contributed by atoms with Gasteiger partial charge < -0.3 is 16.4 Å². The zero-order chi connectivity index (χ0) is 23.8. The highest BCUT2D eigenvalue weighted by molar-refractivity contribution is 5.68. The van der Waals surface area contributed by atoms with E-state index in [4.69, 9.17) is 5.73 Å². The molecule has 178 valence electrons. The van der Waals surface area contributed by atoms with Gasteiger partial charge in [-0.25, -0.2) is 0 Å². The van der Waals surface area contributed by atoms with E-state index < -0.39 is 0 Å². The molecule has 8 heteroatoms. The van der Waals surface area contributed by atoms with Crippen LogP contribution in [0.1, 0.15) is 41.5 Å². The Hall–Kier alpha value is -3.78. The summed E-state index contributed by atoms with van der Waals surface area (Å²) in [5.41, 5.74) is 14.6. The minimum absolute atomic E-state index is 0.280. The van der Waals surface area contributed by atoms with Crippen LogP contribution in [0.25, 0.3) is 17.1 Å². The van der Waals surface area contributed by atoms with Crippen LogP contribution in [0.15, 0.2) is 48.5 Å². The lowest BCUT2D eigenvalue weighted by Crippen LogP contribution is -2.24. The van der Waals surface area contributed by atoms with Gasteiger partial charge in [0.15, 0.2) is 5.82 Å². The van der Waals surface area contributed by atoms with Crippen molar-refractivity contribution in [1.82, 2.24) is 30.3 Å². The molecule has 2 aliphatic rings. The lowest BCUT2D eigenvalue weighted by Gasteiger charge is -2.11. The van der Waals surface area contributed by atoms with Gasteiger partial charge in [0.05, 0.1) is 5.69 Å². The maximum atomic E-state index is 6.25. The van der Waals surface area contributed by atoms with Crippen molar-refractivity contribution in [3.63, 3.8) is 0 Å². The van der Waals surface area contributed by atoms with Crippen LogP contribution in [-0.4, -0.2) is 38.1 Å². The highest BCUT2D eigenvalue weighted by Crippen LogP contribution is 2.31. The SMILES string of the molecule is CNC1CCc2ccc(Nc3nc(N)n(-c4cc5c(nn4)-c4ccccc4CCC5)n3)cc2CC1. The number of rotatable bonds is 4. The Morgan fingerprint density at radius 2 is 1.71 bits per heavy atom. The van der Waals surface area contributed by atoms with E-state index in [1.165, 1.54) is 23.1 Å². The van der Waals surface area contributed by atoms with E-state index in [1.807, 2.05) is 13.1 Å². The Balaban J connectivity index is 1.26. The number of fused-ring (bicyclic) bond motifs is 4. The lowest BCUT2D eigenvalue weighted by molar-refractivity contribution is 0.503. The number of aryl methyl sites for hydroxylation is 4. The van der Waals surface area contributed by atoms with Crippen LogP contribution in [0.4, 0.5) is 17.6 Å². The standard InChI is InChI=1S/C27H30N8/c1-29-21-12-9-17-10-14-22(15-19(17)11-13-21)30-27-31-26(28)35(34-27)24-16-20-7-4-6-18-5-2-3-8-23(18)25(20)33-32-24/h2-3,5,8,10,14-16,21,29H,4,6-7,9,11-13H2,1H3,(H3,28,30,31,34). The molecule has 0 aliphatic heterocycles. The minimum Gasteiger partial charge on any atom is -0.368 e. The summed E-state index contributed by atoms with van der Waals surface area (Å²) in [7, 11) is 2.05. The van der Waals surface area contributed by atoms with Gasteiger partial charge in [-0.3, -0.25) is 0 Å². The van der Waals surface area contributed by atoms with Crippen LogP contribution < -0.4 is 16.4 Å². The third kappa shape index (κ3) is 4.25. The van der Waals surface area contributed by atoms with Gasteiger partial charge in [-0.1, -0.05) is 30.3 Å². The van der Waals surface area contributed by atoms with E-state index in [1.54, 1.807) is 4.68 Å². The maximum Gasteiger partial charge on any atom is 0.248 e. The van der Waals surface area contributed by atoms with E-state index >= 15 is 0 Å². The molecule has 2 aromatic carbocycles. The van der Waals surface area contributed by atoms with Crippen LogP contribution in [-0.2, 0) is 25.7 Å². The number of aromatic nitrogens is 5. The molecule has 0 fully saturated rings. The first kappa shape index (κ1) is 21.7. The second-order valence-corrected chi connectivity index (χ2v) is 9.46. The second-order valence-electron chi connectivity index (χ2n) is 9.46. The summed E-state index contributed by atoms with van der Waals surface area (Å²) in [4.78, 5) is 4.45. The van der Waals surface area contributed by atoms with Gasteiger partial charge in [0.25, 0.3) is 0 Å². The average Bonchev–Trinajstić information content (AvgIpc) is 3.03. The first-order valence-corrected chi connectivity index (χ1v) is 12.4. The van der Waals surface area contributed by atoms with E-state index in [9.17, 15) is 0 Å². The summed E-state index contributed by atoms with van der Waals surface area (Å²) in [6.07, 6.45) is 7.53. The first-order chi connectivity index (χ1) is 17.2. The lowest BCUT2D eigenvalue weighted by atomic mass is 10.0. The van der Waals surface area contributed by atoms with Gasteiger partial charge >= 0.3 is 0 Å². The molecule has 0 amide bonds. The molecule has 4 aromatic rings.